The molecular weight excluding hydrogens is 354 g/mol. The van der Waals surface area contributed by atoms with E-state index in [-0.39, 0.29) is 0 Å². The number of hydrogen-bond donors (Lipinski definition) is 3. The van der Waals surface area contributed by atoms with Crippen LogP contribution in [0, 0.1) is 23.7 Å². The Kier molecular flexibility index (Phi) is 13.6. The summed E-state index contributed by atoms with van der Waals surface area (Å²) in [6.45, 7) is 8.91. The lowest BCUT2D eigenvalue weighted by molar-refractivity contribution is 0.259. The quantitative estimate of drug-likeness (QED) is 0.297. The molecule has 29 heavy (non-hydrogen) atoms. The van der Waals surface area contributed by atoms with Gasteiger partial charge in [-0.3, -0.25) is 0 Å². The van der Waals surface area contributed by atoms with Gasteiger partial charge in [0.15, 0.2) is 0 Å². The van der Waals surface area contributed by atoms with E-state index in [0.717, 1.165) is 62.3 Å². The van der Waals surface area contributed by atoms with Crippen molar-refractivity contribution in [3.05, 3.63) is 0 Å². The standard InChI is InChI=1S/C26H53N3/c1-22-10-14-24(15-11-22)6-3-8-26(29-21-20-28-19-5-18-27)9-4-7-25-16-12-23(2)13-17-25/h22-26,28-29H,3-21,27H2,1-2H3. The van der Waals surface area contributed by atoms with Crippen molar-refractivity contribution in [3.8, 4) is 0 Å². The maximum atomic E-state index is 5.58. The fraction of sp³-hybridized carbons (Fsp3) is 1.00. The van der Waals surface area contributed by atoms with E-state index in [2.05, 4.69) is 24.5 Å². The van der Waals surface area contributed by atoms with Crippen LogP contribution in [0.25, 0.3) is 0 Å². The second-order valence-electron chi connectivity index (χ2n) is 10.7. The van der Waals surface area contributed by atoms with Crippen LogP contribution in [0.2, 0.25) is 0 Å². The highest BCUT2D eigenvalue weighted by molar-refractivity contribution is 4.75. The summed E-state index contributed by atoms with van der Waals surface area (Å²) in [6, 6.07) is 0.733. The van der Waals surface area contributed by atoms with E-state index in [1.807, 2.05) is 0 Å². The molecule has 3 nitrogen and oxygen atoms in total. The normalized spacial score (nSPS) is 29.1. The van der Waals surface area contributed by atoms with Crippen LogP contribution in [0.3, 0.4) is 0 Å². The summed E-state index contributed by atoms with van der Waals surface area (Å²) in [4.78, 5) is 0. The van der Waals surface area contributed by atoms with Crippen molar-refractivity contribution in [1.29, 1.82) is 0 Å². The highest BCUT2D eigenvalue weighted by Crippen LogP contribution is 2.33. The molecular formula is C26H53N3. The molecule has 0 bridgehead atoms. The Morgan fingerprint density at radius 1 is 0.690 bits per heavy atom. The molecule has 4 N–H and O–H groups in total. The highest BCUT2D eigenvalue weighted by Gasteiger charge is 2.20. The molecule has 2 fully saturated rings. The lowest BCUT2D eigenvalue weighted by atomic mass is 9.80. The zero-order valence-corrected chi connectivity index (χ0v) is 19.9. The third-order valence-corrected chi connectivity index (χ3v) is 7.89. The minimum Gasteiger partial charge on any atom is -0.330 e. The van der Waals surface area contributed by atoms with Gasteiger partial charge in [-0.1, -0.05) is 90.9 Å². The number of nitrogens with one attached hydrogen (secondary N) is 2. The molecule has 2 rings (SSSR count). The predicted octanol–water partition coefficient (Wildman–Crippen LogP) is 5.88. The molecule has 172 valence electrons. The van der Waals surface area contributed by atoms with Crippen LogP contribution in [0.15, 0.2) is 0 Å². The van der Waals surface area contributed by atoms with Gasteiger partial charge in [0.25, 0.3) is 0 Å². The minimum atomic E-state index is 0.733. The van der Waals surface area contributed by atoms with E-state index in [4.69, 9.17) is 5.73 Å². The minimum absolute atomic E-state index is 0.733. The molecule has 0 aromatic rings. The van der Waals surface area contributed by atoms with Crippen molar-refractivity contribution in [2.45, 2.75) is 116 Å². The number of nitrogens with two attached hydrogens (primary N) is 1. The van der Waals surface area contributed by atoms with Crippen LogP contribution in [-0.2, 0) is 0 Å². The van der Waals surface area contributed by atoms with Gasteiger partial charge in [-0.25, -0.2) is 0 Å². The van der Waals surface area contributed by atoms with Crippen LogP contribution in [0.1, 0.15) is 110 Å². The first kappa shape index (κ1) is 25.1. The number of rotatable bonds is 15. The summed E-state index contributed by atoms with van der Waals surface area (Å²) in [5.74, 6) is 4.01. The van der Waals surface area contributed by atoms with Gasteiger partial charge >= 0.3 is 0 Å². The third kappa shape index (κ3) is 11.7. The van der Waals surface area contributed by atoms with Crippen molar-refractivity contribution < 1.29 is 0 Å². The fourth-order valence-corrected chi connectivity index (χ4v) is 5.61. The SMILES string of the molecule is CC1CCC(CCCC(CCCC2CCC(C)CC2)NCCNCCCN)CC1. The molecule has 0 radical (unpaired) electrons. The molecule has 2 aliphatic rings. The molecule has 0 atom stereocenters. The molecule has 0 heterocycles. The Bertz CT molecular complexity index is 342. The van der Waals surface area contributed by atoms with Crippen LogP contribution in [0.5, 0.6) is 0 Å². The van der Waals surface area contributed by atoms with Gasteiger partial charge in [0, 0.05) is 19.1 Å². The maximum absolute atomic E-state index is 5.58. The first-order chi connectivity index (χ1) is 14.2. The van der Waals surface area contributed by atoms with Gasteiger partial charge < -0.3 is 16.4 Å². The smallest absolute Gasteiger partial charge is 0.00793 e. The van der Waals surface area contributed by atoms with E-state index in [1.54, 1.807) is 0 Å². The first-order valence-electron chi connectivity index (χ1n) is 13.3. The van der Waals surface area contributed by atoms with Gasteiger partial charge in [-0.15, -0.1) is 0 Å². The first-order valence-corrected chi connectivity index (χ1v) is 13.3. The van der Waals surface area contributed by atoms with Gasteiger partial charge in [-0.2, -0.15) is 0 Å². The molecule has 0 amide bonds. The molecule has 0 spiro atoms. The van der Waals surface area contributed by atoms with E-state index in [0.29, 0.717) is 0 Å². The fourth-order valence-electron chi connectivity index (χ4n) is 5.61. The summed E-state index contributed by atoms with van der Waals surface area (Å²) in [5.41, 5.74) is 5.58. The van der Waals surface area contributed by atoms with Crippen molar-refractivity contribution >= 4 is 0 Å². The molecule has 2 saturated carbocycles. The zero-order valence-electron chi connectivity index (χ0n) is 19.9. The largest absolute Gasteiger partial charge is 0.330 e. The number of hydrogen-bond acceptors (Lipinski definition) is 3. The Morgan fingerprint density at radius 2 is 1.21 bits per heavy atom. The summed E-state index contributed by atoms with van der Waals surface area (Å²) in [7, 11) is 0. The average Bonchev–Trinajstić information content (AvgIpc) is 2.73. The third-order valence-electron chi connectivity index (χ3n) is 7.89. The van der Waals surface area contributed by atoms with Crippen molar-refractivity contribution in [1.82, 2.24) is 10.6 Å². The van der Waals surface area contributed by atoms with Gasteiger partial charge in [0.2, 0.25) is 0 Å². The molecule has 0 aromatic heterocycles. The van der Waals surface area contributed by atoms with Crippen molar-refractivity contribution in [3.63, 3.8) is 0 Å². The maximum Gasteiger partial charge on any atom is 0.00793 e. The van der Waals surface area contributed by atoms with Gasteiger partial charge in [0.05, 0.1) is 0 Å². The Morgan fingerprint density at radius 3 is 1.69 bits per heavy atom. The molecule has 0 saturated heterocycles. The van der Waals surface area contributed by atoms with Crippen molar-refractivity contribution in [2.24, 2.45) is 29.4 Å². The van der Waals surface area contributed by atoms with E-state index in [1.165, 1.54) is 89.9 Å². The summed E-state index contributed by atoms with van der Waals surface area (Å²) >= 11 is 0. The average molecular weight is 408 g/mol. The molecule has 0 unspecified atom stereocenters. The zero-order chi connectivity index (χ0) is 20.7. The van der Waals surface area contributed by atoms with E-state index in [9.17, 15) is 0 Å². The Balaban J connectivity index is 1.61. The van der Waals surface area contributed by atoms with Crippen LogP contribution in [-0.4, -0.2) is 32.2 Å². The molecule has 0 aromatic carbocycles. The van der Waals surface area contributed by atoms with Crippen LogP contribution >= 0.6 is 0 Å². The molecule has 3 heteroatoms. The summed E-state index contributed by atoms with van der Waals surface area (Å²) < 4.78 is 0. The van der Waals surface area contributed by atoms with Crippen LogP contribution < -0.4 is 16.4 Å². The molecule has 0 aliphatic heterocycles. The summed E-state index contributed by atoms with van der Waals surface area (Å²) in [5, 5.41) is 7.42. The summed E-state index contributed by atoms with van der Waals surface area (Å²) in [6.07, 6.45) is 21.5. The Labute approximate surface area is 182 Å². The lowest BCUT2D eigenvalue weighted by Gasteiger charge is -2.28. The van der Waals surface area contributed by atoms with Crippen molar-refractivity contribution in [2.75, 3.05) is 26.2 Å². The molecule has 2 aliphatic carbocycles. The van der Waals surface area contributed by atoms with Gasteiger partial charge in [-0.05, 0) is 56.0 Å². The van der Waals surface area contributed by atoms with E-state index < -0.39 is 0 Å². The monoisotopic (exact) mass is 407 g/mol. The predicted molar refractivity (Wildman–Crippen MR) is 128 cm³/mol. The topological polar surface area (TPSA) is 50.1 Å². The second kappa shape index (κ2) is 15.6. The second-order valence-corrected chi connectivity index (χ2v) is 10.7. The van der Waals surface area contributed by atoms with Gasteiger partial charge in [0.1, 0.15) is 0 Å². The van der Waals surface area contributed by atoms with Crippen LogP contribution in [0.4, 0.5) is 0 Å². The highest BCUT2D eigenvalue weighted by atomic mass is 15.0. The lowest BCUT2D eigenvalue weighted by Crippen LogP contribution is -2.36. The van der Waals surface area contributed by atoms with E-state index >= 15 is 0 Å². The Hall–Kier alpha value is -0.120.